The van der Waals surface area contributed by atoms with Gasteiger partial charge in [0.25, 0.3) is 0 Å². The Labute approximate surface area is 113 Å². The van der Waals surface area contributed by atoms with Gasteiger partial charge in [-0.1, -0.05) is 23.2 Å². The second-order valence-corrected chi connectivity index (χ2v) is 5.81. The summed E-state index contributed by atoms with van der Waals surface area (Å²) in [6.07, 6.45) is 0. The van der Waals surface area contributed by atoms with Gasteiger partial charge >= 0.3 is 0 Å². The van der Waals surface area contributed by atoms with Gasteiger partial charge in [-0.05, 0) is 31.2 Å². The molecule has 0 amide bonds. The second kappa shape index (κ2) is 5.25. The number of thiophene rings is 1. The molecule has 0 aliphatic rings. The zero-order chi connectivity index (χ0) is 12.4. The predicted octanol–water partition coefficient (Wildman–Crippen LogP) is 5.11. The minimum atomic E-state index is -0.578. The molecule has 0 aliphatic carbocycles. The standard InChI is InChI=1S/C12H10Cl2FNS/c1-7-2-3-9(17-7)6-16-8-4-10(13)12(15)11(14)5-8/h2-5,16H,6H2,1H3. The molecule has 0 unspecified atom stereocenters. The molecule has 0 spiro atoms. The highest BCUT2D eigenvalue weighted by Gasteiger charge is 2.07. The van der Waals surface area contributed by atoms with Gasteiger partial charge in [-0.15, -0.1) is 11.3 Å². The molecule has 17 heavy (non-hydrogen) atoms. The van der Waals surface area contributed by atoms with Gasteiger partial charge in [0, 0.05) is 22.0 Å². The fourth-order valence-corrected chi connectivity index (χ4v) is 2.74. The Morgan fingerprint density at radius 1 is 1.24 bits per heavy atom. The first-order valence-corrected chi connectivity index (χ1v) is 6.57. The van der Waals surface area contributed by atoms with Crippen LogP contribution < -0.4 is 5.32 Å². The van der Waals surface area contributed by atoms with Crippen molar-refractivity contribution in [2.75, 3.05) is 5.32 Å². The zero-order valence-corrected chi connectivity index (χ0v) is 11.4. The molecule has 1 nitrogen and oxygen atoms in total. The number of benzene rings is 1. The van der Waals surface area contributed by atoms with E-state index in [0.29, 0.717) is 12.2 Å². The Morgan fingerprint density at radius 2 is 1.88 bits per heavy atom. The molecule has 2 aromatic rings. The van der Waals surface area contributed by atoms with Crippen molar-refractivity contribution >= 4 is 40.2 Å². The Balaban J connectivity index is 2.09. The number of hydrogen-bond donors (Lipinski definition) is 1. The number of hydrogen-bond acceptors (Lipinski definition) is 2. The Bertz CT molecular complexity index is 516. The highest BCUT2D eigenvalue weighted by atomic mass is 35.5. The number of anilines is 1. The van der Waals surface area contributed by atoms with Gasteiger partial charge < -0.3 is 5.32 Å². The molecule has 0 saturated heterocycles. The summed E-state index contributed by atoms with van der Waals surface area (Å²) >= 11 is 13.1. The molecule has 1 aromatic heterocycles. The average Bonchev–Trinajstić information content (AvgIpc) is 2.69. The molecule has 90 valence electrons. The van der Waals surface area contributed by atoms with E-state index >= 15 is 0 Å². The van der Waals surface area contributed by atoms with E-state index in [0.717, 1.165) is 0 Å². The molecular formula is C12H10Cl2FNS. The summed E-state index contributed by atoms with van der Waals surface area (Å²) in [7, 11) is 0. The van der Waals surface area contributed by atoms with Crippen LogP contribution in [-0.4, -0.2) is 0 Å². The van der Waals surface area contributed by atoms with Gasteiger partial charge in [-0.3, -0.25) is 0 Å². The van der Waals surface area contributed by atoms with Crippen LogP contribution in [0.1, 0.15) is 9.75 Å². The monoisotopic (exact) mass is 289 g/mol. The third-order valence-electron chi connectivity index (χ3n) is 2.25. The molecule has 0 aliphatic heterocycles. The molecule has 0 atom stereocenters. The third kappa shape index (κ3) is 3.12. The van der Waals surface area contributed by atoms with Crippen molar-refractivity contribution in [1.82, 2.24) is 0 Å². The highest BCUT2D eigenvalue weighted by molar-refractivity contribution is 7.11. The van der Waals surface area contributed by atoms with E-state index in [1.54, 1.807) is 11.3 Å². The van der Waals surface area contributed by atoms with Gasteiger partial charge in [0.15, 0.2) is 5.82 Å². The van der Waals surface area contributed by atoms with Crippen LogP contribution in [0.25, 0.3) is 0 Å². The van der Waals surface area contributed by atoms with Crippen LogP contribution in [0.5, 0.6) is 0 Å². The number of nitrogens with one attached hydrogen (secondary N) is 1. The van der Waals surface area contributed by atoms with E-state index < -0.39 is 5.82 Å². The van der Waals surface area contributed by atoms with Crippen molar-refractivity contribution < 1.29 is 4.39 Å². The van der Waals surface area contributed by atoms with Crippen LogP contribution in [0.4, 0.5) is 10.1 Å². The Kier molecular flexibility index (Phi) is 3.92. The normalized spacial score (nSPS) is 10.6. The van der Waals surface area contributed by atoms with E-state index in [4.69, 9.17) is 23.2 Å². The fraction of sp³-hybridized carbons (Fsp3) is 0.167. The molecule has 1 aromatic carbocycles. The quantitative estimate of drug-likeness (QED) is 0.774. The number of halogens is 3. The molecule has 5 heteroatoms. The molecule has 1 N–H and O–H groups in total. The van der Waals surface area contributed by atoms with Gasteiger partial charge in [-0.2, -0.15) is 0 Å². The molecule has 1 heterocycles. The predicted molar refractivity (Wildman–Crippen MR) is 72.8 cm³/mol. The molecule has 0 saturated carbocycles. The van der Waals surface area contributed by atoms with Crippen molar-refractivity contribution in [2.45, 2.75) is 13.5 Å². The van der Waals surface area contributed by atoms with Crippen LogP contribution in [0.15, 0.2) is 24.3 Å². The van der Waals surface area contributed by atoms with Crippen molar-refractivity contribution in [1.29, 1.82) is 0 Å². The summed E-state index contributed by atoms with van der Waals surface area (Å²) in [5.74, 6) is -0.578. The lowest BCUT2D eigenvalue weighted by atomic mass is 10.3. The first-order valence-electron chi connectivity index (χ1n) is 5.00. The smallest absolute Gasteiger partial charge is 0.160 e. The summed E-state index contributed by atoms with van der Waals surface area (Å²) in [5.41, 5.74) is 0.715. The van der Waals surface area contributed by atoms with E-state index in [1.165, 1.54) is 21.9 Å². The van der Waals surface area contributed by atoms with Gasteiger partial charge in [-0.25, -0.2) is 4.39 Å². The zero-order valence-electron chi connectivity index (χ0n) is 9.06. The van der Waals surface area contributed by atoms with Crippen LogP contribution in [0.3, 0.4) is 0 Å². The SMILES string of the molecule is Cc1ccc(CNc2cc(Cl)c(F)c(Cl)c2)s1. The van der Waals surface area contributed by atoms with Crippen molar-refractivity contribution in [2.24, 2.45) is 0 Å². The van der Waals surface area contributed by atoms with Gasteiger partial charge in [0.2, 0.25) is 0 Å². The van der Waals surface area contributed by atoms with Gasteiger partial charge in [0.05, 0.1) is 10.0 Å². The van der Waals surface area contributed by atoms with Crippen molar-refractivity contribution in [3.63, 3.8) is 0 Å². The summed E-state index contributed by atoms with van der Waals surface area (Å²) < 4.78 is 13.2. The number of rotatable bonds is 3. The lowest BCUT2D eigenvalue weighted by molar-refractivity contribution is 0.629. The Morgan fingerprint density at radius 3 is 2.41 bits per heavy atom. The van der Waals surface area contributed by atoms with E-state index in [-0.39, 0.29) is 10.0 Å². The van der Waals surface area contributed by atoms with Crippen molar-refractivity contribution in [3.05, 3.63) is 49.9 Å². The highest BCUT2D eigenvalue weighted by Crippen LogP contribution is 2.28. The summed E-state index contributed by atoms with van der Waals surface area (Å²) in [5, 5.41) is 3.22. The van der Waals surface area contributed by atoms with Crippen molar-refractivity contribution in [3.8, 4) is 0 Å². The first-order chi connectivity index (χ1) is 8.06. The molecule has 0 radical (unpaired) electrons. The topological polar surface area (TPSA) is 12.0 Å². The maximum atomic E-state index is 13.2. The summed E-state index contributed by atoms with van der Waals surface area (Å²) in [6, 6.07) is 7.18. The fourth-order valence-electron chi connectivity index (χ4n) is 1.43. The minimum Gasteiger partial charge on any atom is -0.380 e. The maximum absolute atomic E-state index is 13.2. The summed E-state index contributed by atoms with van der Waals surface area (Å²) in [4.78, 5) is 2.47. The lowest BCUT2D eigenvalue weighted by Gasteiger charge is -2.07. The van der Waals surface area contributed by atoms with Crippen LogP contribution in [0, 0.1) is 12.7 Å². The Hall–Kier alpha value is -0.770. The molecule has 0 fully saturated rings. The van der Waals surface area contributed by atoms with E-state index in [2.05, 4.69) is 24.4 Å². The third-order valence-corrected chi connectivity index (χ3v) is 3.80. The van der Waals surface area contributed by atoms with Gasteiger partial charge in [0.1, 0.15) is 0 Å². The van der Waals surface area contributed by atoms with Crippen LogP contribution in [-0.2, 0) is 6.54 Å². The first kappa shape index (κ1) is 12.7. The minimum absolute atomic E-state index is 0.0300. The molecule has 2 rings (SSSR count). The maximum Gasteiger partial charge on any atom is 0.160 e. The molecule has 0 bridgehead atoms. The molecular weight excluding hydrogens is 280 g/mol. The summed E-state index contributed by atoms with van der Waals surface area (Å²) in [6.45, 7) is 2.73. The lowest BCUT2D eigenvalue weighted by Crippen LogP contribution is -1.98. The number of aryl methyl sites for hydroxylation is 1. The van der Waals surface area contributed by atoms with E-state index in [9.17, 15) is 4.39 Å². The van der Waals surface area contributed by atoms with Crippen LogP contribution >= 0.6 is 34.5 Å². The van der Waals surface area contributed by atoms with Crippen LogP contribution in [0.2, 0.25) is 10.0 Å². The second-order valence-electron chi connectivity index (χ2n) is 3.62. The van der Waals surface area contributed by atoms with E-state index in [1.807, 2.05) is 0 Å². The largest absolute Gasteiger partial charge is 0.380 e. The average molecular weight is 290 g/mol.